The van der Waals surface area contributed by atoms with Gasteiger partial charge in [-0.2, -0.15) is 15.1 Å². The Bertz CT molecular complexity index is 1230. The van der Waals surface area contributed by atoms with E-state index >= 15 is 0 Å². The number of aryl methyl sites for hydroxylation is 1. The molecule has 4 rings (SSSR count). The topological polar surface area (TPSA) is 92.3 Å². The number of methoxy groups -OCH3 is 2. The summed E-state index contributed by atoms with van der Waals surface area (Å²) in [4.78, 5) is 16.7. The fraction of sp³-hybridized carbons (Fsp3) is 0.238. The molecule has 10 heteroatoms. The molecule has 1 N–H and O–H groups in total. The van der Waals surface area contributed by atoms with E-state index < -0.39 is 5.91 Å². The van der Waals surface area contributed by atoms with Crippen molar-refractivity contribution in [3.8, 4) is 17.2 Å². The lowest BCUT2D eigenvalue weighted by Gasteiger charge is -2.20. The summed E-state index contributed by atoms with van der Waals surface area (Å²) < 4.78 is 12.8. The summed E-state index contributed by atoms with van der Waals surface area (Å²) in [5, 5.41) is 15.7. The molecule has 2 aliphatic heterocycles. The monoisotopic (exact) mass is 457 g/mol. The molecule has 31 heavy (non-hydrogen) atoms. The van der Waals surface area contributed by atoms with E-state index in [1.54, 1.807) is 32.4 Å². The van der Waals surface area contributed by atoms with Gasteiger partial charge in [-0.05, 0) is 56.3 Å². The number of aliphatic imine (C=N–C) groups is 1. The van der Waals surface area contributed by atoms with Crippen molar-refractivity contribution < 1.29 is 14.3 Å². The number of nitrogens with zero attached hydrogens (tertiary/aromatic N) is 4. The molecule has 0 saturated heterocycles. The second-order valence-electron chi connectivity index (χ2n) is 6.96. The number of hydrogen-bond donors (Lipinski definition) is 1. The van der Waals surface area contributed by atoms with Crippen molar-refractivity contribution in [2.45, 2.75) is 20.8 Å². The molecule has 0 atom stereocenters. The first kappa shape index (κ1) is 21.2. The van der Waals surface area contributed by atoms with Gasteiger partial charge in [0.2, 0.25) is 5.17 Å². The molecule has 0 bridgehead atoms. The summed E-state index contributed by atoms with van der Waals surface area (Å²) in [5.41, 5.74) is 3.48. The van der Waals surface area contributed by atoms with Crippen LogP contribution in [-0.4, -0.2) is 45.7 Å². The molecule has 1 aromatic carbocycles. The molecule has 0 fully saturated rings. The smallest absolute Gasteiger partial charge is 0.283 e. The number of aromatic nitrogens is 1. The maximum Gasteiger partial charge on any atom is 0.283 e. The van der Waals surface area contributed by atoms with Crippen LogP contribution in [0.4, 0.5) is 0 Å². The number of benzene rings is 1. The van der Waals surface area contributed by atoms with Crippen molar-refractivity contribution in [2.75, 3.05) is 14.2 Å². The SMILES string of the molecule is COc1cc(OC)c(-n2c(C)cc(C=C3C(=N)N4N=C(C)SC4=NC3=O)c2C)cc1Cl. The zero-order valence-electron chi connectivity index (χ0n) is 17.6. The van der Waals surface area contributed by atoms with Gasteiger partial charge in [-0.1, -0.05) is 11.6 Å². The highest BCUT2D eigenvalue weighted by Gasteiger charge is 2.34. The predicted molar refractivity (Wildman–Crippen MR) is 124 cm³/mol. The average molecular weight is 458 g/mol. The highest BCUT2D eigenvalue weighted by molar-refractivity contribution is 8.26. The van der Waals surface area contributed by atoms with Crippen LogP contribution in [0.15, 0.2) is 33.9 Å². The Hall–Kier alpha value is -3.04. The number of carbonyl (C=O) groups is 1. The van der Waals surface area contributed by atoms with Gasteiger partial charge < -0.3 is 14.0 Å². The van der Waals surface area contributed by atoms with Crippen LogP contribution in [0.3, 0.4) is 0 Å². The Labute approximate surface area is 188 Å². The van der Waals surface area contributed by atoms with Gasteiger partial charge >= 0.3 is 0 Å². The van der Waals surface area contributed by atoms with Crippen molar-refractivity contribution in [1.29, 1.82) is 5.41 Å². The molecule has 0 unspecified atom stereocenters. The van der Waals surface area contributed by atoms with Crippen molar-refractivity contribution in [2.24, 2.45) is 10.1 Å². The maximum absolute atomic E-state index is 12.6. The minimum absolute atomic E-state index is 0.00854. The Balaban J connectivity index is 1.81. The van der Waals surface area contributed by atoms with Crippen molar-refractivity contribution in [1.82, 2.24) is 9.58 Å². The van der Waals surface area contributed by atoms with Gasteiger partial charge in [0.05, 0.1) is 35.5 Å². The van der Waals surface area contributed by atoms with Crippen molar-refractivity contribution in [3.63, 3.8) is 0 Å². The number of carbonyl (C=O) groups excluding carboxylic acids is 1. The van der Waals surface area contributed by atoms with E-state index in [9.17, 15) is 4.79 Å². The molecule has 0 radical (unpaired) electrons. The standard InChI is InChI=1S/C21H20ClN5O3S/c1-10-6-13(7-14-19(23)27-21(24-20(14)28)31-12(3)25-27)11(2)26(10)16-8-15(22)17(29-4)9-18(16)30-5/h6-9,23H,1-5H3. The summed E-state index contributed by atoms with van der Waals surface area (Å²) in [6.45, 7) is 5.69. The van der Waals surface area contributed by atoms with Crippen LogP contribution in [0.1, 0.15) is 23.9 Å². The van der Waals surface area contributed by atoms with Gasteiger partial charge in [0.25, 0.3) is 5.91 Å². The summed E-state index contributed by atoms with van der Waals surface area (Å²) in [6, 6.07) is 5.45. The third-order valence-corrected chi connectivity index (χ3v) is 6.14. The van der Waals surface area contributed by atoms with Crippen LogP contribution in [0.5, 0.6) is 11.5 Å². The molecule has 0 aliphatic carbocycles. The minimum atomic E-state index is -0.455. The van der Waals surface area contributed by atoms with Crippen LogP contribution in [0, 0.1) is 19.3 Å². The first-order valence-electron chi connectivity index (χ1n) is 9.32. The number of ether oxygens (including phenoxy) is 2. The highest BCUT2D eigenvalue weighted by atomic mass is 35.5. The van der Waals surface area contributed by atoms with E-state index in [2.05, 4.69) is 10.1 Å². The maximum atomic E-state index is 12.6. The Morgan fingerprint density at radius 1 is 1.13 bits per heavy atom. The average Bonchev–Trinajstić information content (AvgIpc) is 3.23. The number of hydrazone groups is 1. The molecule has 3 heterocycles. The number of thioether (sulfide) groups is 1. The molecule has 0 saturated carbocycles. The molecular weight excluding hydrogens is 438 g/mol. The van der Waals surface area contributed by atoms with Gasteiger partial charge in [-0.25, -0.2) is 0 Å². The van der Waals surface area contributed by atoms with Crippen LogP contribution in [0.2, 0.25) is 5.02 Å². The molecule has 1 aromatic heterocycles. The Kier molecular flexibility index (Phi) is 5.40. The predicted octanol–water partition coefficient (Wildman–Crippen LogP) is 4.40. The first-order chi connectivity index (χ1) is 14.7. The van der Waals surface area contributed by atoms with E-state index in [0.29, 0.717) is 21.7 Å². The lowest BCUT2D eigenvalue weighted by atomic mass is 10.1. The van der Waals surface area contributed by atoms with Crippen LogP contribution in [0.25, 0.3) is 11.8 Å². The second kappa shape index (κ2) is 7.90. The van der Waals surface area contributed by atoms with Gasteiger partial charge in [-0.3, -0.25) is 10.2 Å². The molecule has 2 aromatic rings. The fourth-order valence-corrected chi connectivity index (χ4v) is 4.54. The fourth-order valence-electron chi connectivity index (χ4n) is 3.57. The highest BCUT2D eigenvalue weighted by Crippen LogP contribution is 2.37. The van der Waals surface area contributed by atoms with E-state index in [-0.39, 0.29) is 11.4 Å². The molecule has 1 amide bonds. The first-order valence-corrected chi connectivity index (χ1v) is 10.5. The van der Waals surface area contributed by atoms with Gasteiger partial charge in [0.1, 0.15) is 11.5 Å². The van der Waals surface area contributed by atoms with Crippen LogP contribution < -0.4 is 9.47 Å². The summed E-state index contributed by atoms with van der Waals surface area (Å²) in [5.74, 6) is 0.663. The van der Waals surface area contributed by atoms with Gasteiger partial charge in [0.15, 0.2) is 5.84 Å². The lowest BCUT2D eigenvalue weighted by Crippen LogP contribution is -2.35. The molecule has 0 spiro atoms. The largest absolute Gasteiger partial charge is 0.495 e. The Morgan fingerprint density at radius 2 is 1.84 bits per heavy atom. The number of amidine groups is 2. The van der Waals surface area contributed by atoms with E-state index in [1.807, 2.05) is 31.4 Å². The third kappa shape index (κ3) is 3.53. The Morgan fingerprint density at radius 3 is 2.52 bits per heavy atom. The van der Waals surface area contributed by atoms with E-state index in [0.717, 1.165) is 27.7 Å². The van der Waals surface area contributed by atoms with Crippen molar-refractivity contribution >= 4 is 51.4 Å². The number of fused-ring (bicyclic) bond motifs is 1. The molecule has 2 aliphatic rings. The zero-order valence-corrected chi connectivity index (χ0v) is 19.2. The summed E-state index contributed by atoms with van der Waals surface area (Å²) in [7, 11) is 3.13. The van der Waals surface area contributed by atoms with E-state index in [1.165, 1.54) is 16.8 Å². The van der Waals surface area contributed by atoms with Crippen LogP contribution >= 0.6 is 23.4 Å². The molecule has 160 valence electrons. The van der Waals surface area contributed by atoms with Crippen molar-refractivity contribution in [3.05, 3.63) is 45.7 Å². The number of hydrogen-bond acceptors (Lipinski definition) is 6. The minimum Gasteiger partial charge on any atom is -0.495 e. The van der Waals surface area contributed by atoms with Gasteiger partial charge in [-0.15, -0.1) is 0 Å². The van der Waals surface area contributed by atoms with Crippen LogP contribution in [-0.2, 0) is 4.79 Å². The third-order valence-electron chi connectivity index (χ3n) is 5.02. The second-order valence-corrected chi connectivity index (χ2v) is 8.53. The quantitative estimate of drug-likeness (QED) is 0.687. The summed E-state index contributed by atoms with van der Waals surface area (Å²) >= 11 is 7.64. The number of nitrogens with one attached hydrogen (secondary N) is 1. The number of amides is 1. The summed E-state index contributed by atoms with van der Waals surface area (Å²) in [6.07, 6.45) is 1.68. The lowest BCUT2D eigenvalue weighted by molar-refractivity contribution is -0.114. The normalized spacial score (nSPS) is 17.1. The molecule has 8 nitrogen and oxygen atoms in total. The zero-order chi connectivity index (χ0) is 22.4. The van der Waals surface area contributed by atoms with E-state index in [4.69, 9.17) is 26.5 Å². The number of rotatable bonds is 4. The molecular formula is C21H20ClN5O3S. The van der Waals surface area contributed by atoms with Gasteiger partial charge in [0, 0.05) is 17.5 Å². The number of halogens is 1.